The maximum atomic E-state index is 12.9. The molecule has 5 heteroatoms. The maximum Gasteiger partial charge on any atom is 0.249 e. The zero-order valence-electron chi connectivity index (χ0n) is 13.9. The van der Waals surface area contributed by atoms with Gasteiger partial charge in [0.2, 0.25) is 5.91 Å². The molecule has 0 radical (unpaired) electrons. The van der Waals surface area contributed by atoms with Gasteiger partial charge in [0.05, 0.1) is 24.9 Å². The molecule has 1 amide bonds. The maximum absolute atomic E-state index is 12.9. The van der Waals surface area contributed by atoms with Crippen molar-refractivity contribution < 1.29 is 14.3 Å². The summed E-state index contributed by atoms with van der Waals surface area (Å²) in [6.07, 6.45) is 8.85. The van der Waals surface area contributed by atoms with Gasteiger partial charge in [-0.2, -0.15) is 0 Å². The number of hydrogen-bond donors (Lipinski definition) is 0. The van der Waals surface area contributed by atoms with Gasteiger partial charge in [0.15, 0.2) is 0 Å². The van der Waals surface area contributed by atoms with Gasteiger partial charge in [-0.15, -0.1) is 0 Å². The Kier molecular flexibility index (Phi) is 4.63. The third kappa shape index (κ3) is 3.10. The summed E-state index contributed by atoms with van der Waals surface area (Å²) in [5, 5.41) is 0. The second-order valence-corrected chi connectivity index (χ2v) is 6.79. The fraction of sp³-hybridized carbons (Fsp3) is 0.579. The van der Waals surface area contributed by atoms with E-state index in [2.05, 4.69) is 11.1 Å². The van der Waals surface area contributed by atoms with Gasteiger partial charge in [-0.05, 0) is 44.2 Å². The van der Waals surface area contributed by atoms with Crippen molar-refractivity contribution in [2.45, 2.75) is 57.0 Å². The third-order valence-electron chi connectivity index (χ3n) is 5.23. The highest BCUT2D eigenvalue weighted by Gasteiger charge is 2.47. The number of pyridine rings is 1. The second-order valence-electron chi connectivity index (χ2n) is 6.79. The van der Waals surface area contributed by atoms with Crippen LogP contribution in [0.15, 0.2) is 36.0 Å². The lowest BCUT2D eigenvalue weighted by Crippen LogP contribution is -2.44. The number of amides is 1. The molecule has 4 rings (SSSR count). The molecular weight excluding hydrogens is 304 g/mol. The minimum Gasteiger partial charge on any atom is -0.373 e. The largest absolute Gasteiger partial charge is 0.373 e. The zero-order valence-corrected chi connectivity index (χ0v) is 13.9. The quantitative estimate of drug-likeness (QED) is 0.852. The van der Waals surface area contributed by atoms with Gasteiger partial charge in [-0.1, -0.05) is 12.1 Å². The van der Waals surface area contributed by atoms with Crippen molar-refractivity contribution >= 4 is 5.91 Å². The molecule has 0 bridgehead atoms. The Labute approximate surface area is 142 Å². The van der Waals surface area contributed by atoms with E-state index < -0.39 is 0 Å². The van der Waals surface area contributed by atoms with Crippen molar-refractivity contribution in [1.82, 2.24) is 9.88 Å². The van der Waals surface area contributed by atoms with Gasteiger partial charge < -0.3 is 14.4 Å². The fourth-order valence-electron chi connectivity index (χ4n) is 4.02. The van der Waals surface area contributed by atoms with Crippen molar-refractivity contribution in [2.75, 3.05) is 13.2 Å². The van der Waals surface area contributed by atoms with Gasteiger partial charge in [0.25, 0.3) is 0 Å². The van der Waals surface area contributed by atoms with Crippen molar-refractivity contribution in [3.63, 3.8) is 0 Å². The van der Waals surface area contributed by atoms with Crippen molar-refractivity contribution in [3.05, 3.63) is 41.7 Å². The average molecular weight is 328 g/mol. The van der Waals surface area contributed by atoms with Crippen LogP contribution in [-0.2, 0) is 20.9 Å². The number of fused-ring (bicyclic) bond motifs is 1. The first-order chi connectivity index (χ1) is 11.8. The number of carbonyl (C=O) groups excluding carboxylic acids is 1. The number of aromatic nitrogens is 1. The molecule has 3 heterocycles. The predicted octanol–water partition coefficient (Wildman–Crippen LogP) is 2.47. The standard InChI is InChI=1S/C19H24N2O3/c22-19(14-6-1-2-7-14)21-12-17(18-16(21)9-5-11-23-18)24-13-15-8-3-4-10-20-15/h3-4,6,8,10,16-18H,1-2,5,7,9,11-13H2/t16-,17+,18+/m1/s1. The Hall–Kier alpha value is -1.72. The first kappa shape index (κ1) is 15.8. The summed E-state index contributed by atoms with van der Waals surface area (Å²) in [6.45, 7) is 1.84. The Morgan fingerprint density at radius 2 is 2.33 bits per heavy atom. The Bertz CT molecular complexity index is 616. The Balaban J connectivity index is 1.45. The van der Waals surface area contributed by atoms with Crippen LogP contribution >= 0.6 is 0 Å². The molecule has 5 nitrogen and oxygen atoms in total. The first-order valence-electron chi connectivity index (χ1n) is 8.96. The molecule has 0 saturated carbocycles. The molecule has 3 aliphatic rings. The van der Waals surface area contributed by atoms with Crippen molar-refractivity contribution in [2.24, 2.45) is 0 Å². The normalized spacial score (nSPS) is 29.4. The molecule has 0 unspecified atom stereocenters. The molecule has 0 N–H and O–H groups in total. The number of carbonyl (C=O) groups is 1. The molecule has 0 spiro atoms. The first-order valence-corrected chi connectivity index (χ1v) is 8.96. The smallest absolute Gasteiger partial charge is 0.249 e. The average Bonchev–Trinajstić information content (AvgIpc) is 3.29. The van der Waals surface area contributed by atoms with Gasteiger partial charge in [0.1, 0.15) is 12.2 Å². The summed E-state index contributed by atoms with van der Waals surface area (Å²) < 4.78 is 12.1. The SMILES string of the molecule is O=C(C1=CCCC1)N1C[C@H](OCc2ccccn2)[C@H]2OCCC[C@H]21. The molecule has 2 aliphatic heterocycles. The van der Waals surface area contributed by atoms with E-state index >= 15 is 0 Å². The molecule has 3 atom stereocenters. The summed E-state index contributed by atoms with van der Waals surface area (Å²) in [5.41, 5.74) is 1.89. The zero-order chi connectivity index (χ0) is 16.4. The molecule has 0 aromatic carbocycles. The van der Waals surface area contributed by atoms with E-state index in [1.165, 1.54) is 0 Å². The topological polar surface area (TPSA) is 51.7 Å². The number of nitrogens with zero attached hydrogens (tertiary/aromatic N) is 2. The molecule has 2 fully saturated rings. The summed E-state index contributed by atoms with van der Waals surface area (Å²) in [5.74, 6) is 0.192. The van der Waals surface area contributed by atoms with E-state index in [1.807, 2.05) is 23.1 Å². The molecule has 1 aliphatic carbocycles. The lowest BCUT2D eigenvalue weighted by Gasteiger charge is -2.32. The number of ether oxygens (including phenoxy) is 2. The summed E-state index contributed by atoms with van der Waals surface area (Å²) >= 11 is 0. The van der Waals surface area contributed by atoms with Crippen molar-refractivity contribution in [3.8, 4) is 0 Å². The minimum atomic E-state index is -0.0664. The highest BCUT2D eigenvalue weighted by Crippen LogP contribution is 2.33. The molecule has 2 saturated heterocycles. The number of likely N-dealkylation sites (tertiary alicyclic amines) is 1. The van der Waals surface area contributed by atoms with Crippen LogP contribution in [0.3, 0.4) is 0 Å². The van der Waals surface area contributed by atoms with Crippen LogP contribution in [0.25, 0.3) is 0 Å². The van der Waals surface area contributed by atoms with E-state index in [-0.39, 0.29) is 24.2 Å². The van der Waals surface area contributed by atoms with E-state index in [4.69, 9.17) is 9.47 Å². The molecule has 1 aromatic rings. The summed E-state index contributed by atoms with van der Waals surface area (Å²) in [6, 6.07) is 5.97. The predicted molar refractivity (Wildman–Crippen MR) is 89.2 cm³/mol. The van der Waals surface area contributed by atoms with Gasteiger partial charge in [0, 0.05) is 18.4 Å². The third-order valence-corrected chi connectivity index (χ3v) is 5.23. The Morgan fingerprint density at radius 1 is 1.38 bits per heavy atom. The molecule has 1 aromatic heterocycles. The Morgan fingerprint density at radius 3 is 3.12 bits per heavy atom. The van der Waals surface area contributed by atoms with E-state index in [9.17, 15) is 4.79 Å². The summed E-state index contributed by atoms with van der Waals surface area (Å²) in [4.78, 5) is 19.2. The van der Waals surface area contributed by atoms with E-state index in [0.717, 1.165) is 50.0 Å². The van der Waals surface area contributed by atoms with Crippen LogP contribution in [0.2, 0.25) is 0 Å². The lowest BCUT2D eigenvalue weighted by molar-refractivity contribution is -0.130. The molecule has 128 valence electrons. The second kappa shape index (κ2) is 7.03. The number of allylic oxidation sites excluding steroid dienone is 1. The van der Waals surface area contributed by atoms with Gasteiger partial charge in [-0.25, -0.2) is 0 Å². The number of hydrogen-bond acceptors (Lipinski definition) is 4. The van der Waals surface area contributed by atoms with Crippen LogP contribution < -0.4 is 0 Å². The van der Waals surface area contributed by atoms with Crippen LogP contribution in [-0.4, -0.2) is 47.2 Å². The van der Waals surface area contributed by atoms with Crippen molar-refractivity contribution in [1.29, 1.82) is 0 Å². The minimum absolute atomic E-state index is 0.00610. The van der Waals surface area contributed by atoms with Crippen LogP contribution in [0.1, 0.15) is 37.8 Å². The van der Waals surface area contributed by atoms with E-state index in [1.54, 1.807) is 6.20 Å². The van der Waals surface area contributed by atoms with E-state index in [0.29, 0.717) is 13.2 Å². The highest BCUT2D eigenvalue weighted by molar-refractivity contribution is 5.94. The van der Waals surface area contributed by atoms with Crippen LogP contribution in [0, 0.1) is 0 Å². The number of rotatable bonds is 4. The monoisotopic (exact) mass is 328 g/mol. The van der Waals surface area contributed by atoms with Crippen LogP contribution in [0.5, 0.6) is 0 Å². The molecule has 24 heavy (non-hydrogen) atoms. The van der Waals surface area contributed by atoms with Gasteiger partial charge in [-0.3, -0.25) is 9.78 Å². The summed E-state index contributed by atoms with van der Waals surface area (Å²) in [7, 11) is 0. The van der Waals surface area contributed by atoms with Crippen LogP contribution in [0.4, 0.5) is 0 Å². The fourth-order valence-corrected chi connectivity index (χ4v) is 4.02. The lowest BCUT2D eigenvalue weighted by atomic mass is 10.0. The molecular formula is C19H24N2O3. The highest BCUT2D eigenvalue weighted by atomic mass is 16.5. The van der Waals surface area contributed by atoms with Gasteiger partial charge >= 0.3 is 0 Å².